The third-order valence-corrected chi connectivity index (χ3v) is 2.11. The van der Waals surface area contributed by atoms with Crippen LogP contribution in [0.5, 0.6) is 0 Å². The highest BCUT2D eigenvalue weighted by Crippen LogP contribution is 2.38. The van der Waals surface area contributed by atoms with Crippen molar-refractivity contribution in [2.75, 3.05) is 6.54 Å². The van der Waals surface area contributed by atoms with Crippen LogP contribution >= 0.6 is 0 Å². The highest BCUT2D eigenvalue weighted by molar-refractivity contribution is 5.06. The summed E-state index contributed by atoms with van der Waals surface area (Å²) >= 11 is 0. The minimum Gasteiger partial charge on any atom is -0.329 e. The van der Waals surface area contributed by atoms with Crippen LogP contribution in [0.25, 0.3) is 0 Å². The van der Waals surface area contributed by atoms with Crippen molar-refractivity contribution >= 4 is 0 Å². The Hall–Kier alpha value is -0.0800. The van der Waals surface area contributed by atoms with E-state index in [1.54, 1.807) is 0 Å². The lowest BCUT2D eigenvalue weighted by Crippen LogP contribution is -2.10. The summed E-state index contributed by atoms with van der Waals surface area (Å²) in [5.74, 6) is 1.00. The minimum absolute atomic E-state index is 0.683. The van der Waals surface area contributed by atoms with Gasteiger partial charge < -0.3 is 11.1 Å². The summed E-state index contributed by atoms with van der Waals surface area (Å²) in [6.45, 7) is 0.834. The smallest absolute Gasteiger partial charge is 0.0350 e. The summed E-state index contributed by atoms with van der Waals surface area (Å²) in [6, 6.07) is 1.50. The van der Waals surface area contributed by atoms with E-state index < -0.39 is 0 Å². The molecule has 1 aliphatic heterocycles. The van der Waals surface area contributed by atoms with Crippen molar-refractivity contribution < 1.29 is 0 Å². The molecule has 0 aromatic heterocycles. The Morgan fingerprint density at radius 2 is 2.25 bits per heavy atom. The molecule has 0 bridgehead atoms. The highest BCUT2D eigenvalue weighted by Gasteiger charge is 2.45. The molecule has 2 fully saturated rings. The van der Waals surface area contributed by atoms with Gasteiger partial charge in [0.1, 0.15) is 0 Å². The van der Waals surface area contributed by atoms with E-state index in [0.717, 1.165) is 18.5 Å². The highest BCUT2D eigenvalue weighted by atomic mass is 15.2. The number of rotatable bonds is 2. The average molecular weight is 112 g/mol. The molecule has 2 rings (SSSR count). The molecule has 2 atom stereocenters. The van der Waals surface area contributed by atoms with Crippen LogP contribution in [0.4, 0.5) is 0 Å². The van der Waals surface area contributed by atoms with Crippen LogP contribution in [-0.2, 0) is 0 Å². The maximum Gasteiger partial charge on any atom is 0.0350 e. The second kappa shape index (κ2) is 1.45. The Labute approximate surface area is 49.4 Å². The van der Waals surface area contributed by atoms with E-state index in [1.807, 2.05) is 0 Å². The first-order valence-electron chi connectivity index (χ1n) is 3.38. The van der Waals surface area contributed by atoms with Crippen LogP contribution in [0.1, 0.15) is 12.8 Å². The zero-order valence-electron chi connectivity index (χ0n) is 4.93. The van der Waals surface area contributed by atoms with Crippen molar-refractivity contribution in [3.8, 4) is 0 Å². The van der Waals surface area contributed by atoms with Crippen LogP contribution < -0.4 is 11.1 Å². The molecule has 1 saturated carbocycles. The van der Waals surface area contributed by atoms with E-state index in [4.69, 9.17) is 5.73 Å². The second-order valence-electron chi connectivity index (χ2n) is 2.87. The molecule has 3 N–H and O–H groups in total. The standard InChI is InChI=1S/C6H12N2/c7-3-5-6(8-5)4-1-2-4/h4-6,8H,1-3,7H2/t5-,6-/m0/s1. The lowest BCUT2D eigenvalue weighted by Gasteiger charge is -1.84. The summed E-state index contributed by atoms with van der Waals surface area (Å²) in [5, 5.41) is 3.36. The van der Waals surface area contributed by atoms with Crippen LogP contribution in [0.15, 0.2) is 0 Å². The molecule has 1 saturated heterocycles. The molecule has 0 amide bonds. The summed E-state index contributed by atoms with van der Waals surface area (Å²) in [7, 11) is 0. The minimum atomic E-state index is 0.683. The van der Waals surface area contributed by atoms with Gasteiger partial charge in [0, 0.05) is 18.6 Å². The first kappa shape index (κ1) is 4.77. The van der Waals surface area contributed by atoms with E-state index >= 15 is 0 Å². The largest absolute Gasteiger partial charge is 0.329 e. The molecular weight excluding hydrogens is 100 g/mol. The predicted octanol–water partition coefficient (Wildman–Crippen LogP) is -0.305. The molecular formula is C6H12N2. The van der Waals surface area contributed by atoms with Gasteiger partial charge in [-0.15, -0.1) is 0 Å². The molecule has 0 radical (unpaired) electrons. The van der Waals surface area contributed by atoms with E-state index in [1.165, 1.54) is 12.8 Å². The average Bonchev–Trinajstić information content (AvgIpc) is 2.62. The fraction of sp³-hybridized carbons (Fsp3) is 1.00. The zero-order chi connectivity index (χ0) is 5.56. The maximum absolute atomic E-state index is 5.43. The molecule has 0 aromatic carbocycles. The fourth-order valence-corrected chi connectivity index (χ4v) is 1.33. The van der Waals surface area contributed by atoms with Crippen LogP contribution in [-0.4, -0.2) is 18.6 Å². The molecule has 0 aromatic rings. The van der Waals surface area contributed by atoms with Crippen molar-refractivity contribution in [2.24, 2.45) is 11.7 Å². The van der Waals surface area contributed by atoms with Gasteiger partial charge >= 0.3 is 0 Å². The third kappa shape index (κ3) is 0.644. The van der Waals surface area contributed by atoms with Crippen molar-refractivity contribution in [3.05, 3.63) is 0 Å². The zero-order valence-corrected chi connectivity index (χ0v) is 4.93. The normalized spacial score (nSPS) is 44.6. The molecule has 1 aliphatic carbocycles. The molecule has 0 spiro atoms. The first-order chi connectivity index (χ1) is 3.92. The lowest BCUT2D eigenvalue weighted by molar-refractivity contribution is 0.772. The van der Waals surface area contributed by atoms with Gasteiger partial charge in [-0.25, -0.2) is 0 Å². The molecule has 8 heavy (non-hydrogen) atoms. The molecule has 46 valence electrons. The molecule has 2 aliphatic rings. The van der Waals surface area contributed by atoms with E-state index in [2.05, 4.69) is 5.32 Å². The van der Waals surface area contributed by atoms with E-state index in [-0.39, 0.29) is 0 Å². The Morgan fingerprint density at radius 3 is 2.62 bits per heavy atom. The quantitative estimate of drug-likeness (QED) is 0.482. The van der Waals surface area contributed by atoms with Gasteiger partial charge in [-0.1, -0.05) is 0 Å². The van der Waals surface area contributed by atoms with Gasteiger partial charge in [-0.2, -0.15) is 0 Å². The summed E-state index contributed by atoms with van der Waals surface area (Å²) in [4.78, 5) is 0. The molecule has 1 heterocycles. The monoisotopic (exact) mass is 112 g/mol. The summed E-state index contributed by atoms with van der Waals surface area (Å²) < 4.78 is 0. The SMILES string of the molecule is NC[C@@H]1N[C@H]1C1CC1. The molecule has 2 heteroatoms. The number of nitrogens with two attached hydrogens (primary N) is 1. The number of nitrogens with one attached hydrogen (secondary N) is 1. The van der Waals surface area contributed by atoms with Crippen molar-refractivity contribution in [1.29, 1.82) is 0 Å². The number of hydrogen-bond donors (Lipinski definition) is 2. The molecule has 0 unspecified atom stereocenters. The topological polar surface area (TPSA) is 48.0 Å². The fourth-order valence-electron chi connectivity index (χ4n) is 1.33. The van der Waals surface area contributed by atoms with Gasteiger partial charge in [0.05, 0.1) is 0 Å². The van der Waals surface area contributed by atoms with Gasteiger partial charge in [0.25, 0.3) is 0 Å². The van der Waals surface area contributed by atoms with Gasteiger partial charge in [0.2, 0.25) is 0 Å². The third-order valence-electron chi connectivity index (χ3n) is 2.11. The van der Waals surface area contributed by atoms with E-state index in [0.29, 0.717) is 6.04 Å². The lowest BCUT2D eigenvalue weighted by atomic mass is 10.2. The van der Waals surface area contributed by atoms with Crippen molar-refractivity contribution in [1.82, 2.24) is 5.32 Å². The Balaban J connectivity index is 1.79. The maximum atomic E-state index is 5.43. The van der Waals surface area contributed by atoms with E-state index in [9.17, 15) is 0 Å². The van der Waals surface area contributed by atoms with Gasteiger partial charge in [0.15, 0.2) is 0 Å². The van der Waals surface area contributed by atoms with Gasteiger partial charge in [-0.3, -0.25) is 0 Å². The number of hydrogen-bond acceptors (Lipinski definition) is 2. The van der Waals surface area contributed by atoms with Crippen LogP contribution in [0, 0.1) is 5.92 Å². The van der Waals surface area contributed by atoms with Crippen molar-refractivity contribution in [3.63, 3.8) is 0 Å². The summed E-state index contributed by atoms with van der Waals surface area (Å²) in [5.41, 5.74) is 5.43. The Morgan fingerprint density at radius 1 is 1.50 bits per heavy atom. The van der Waals surface area contributed by atoms with Crippen LogP contribution in [0.3, 0.4) is 0 Å². The second-order valence-corrected chi connectivity index (χ2v) is 2.87. The predicted molar refractivity (Wildman–Crippen MR) is 32.5 cm³/mol. The molecule has 2 nitrogen and oxygen atoms in total. The van der Waals surface area contributed by atoms with Crippen LogP contribution in [0.2, 0.25) is 0 Å². The van der Waals surface area contributed by atoms with Crippen molar-refractivity contribution in [2.45, 2.75) is 24.9 Å². The Kier molecular flexibility index (Phi) is 0.866. The Bertz CT molecular complexity index is 98.7. The van der Waals surface area contributed by atoms with Gasteiger partial charge in [-0.05, 0) is 18.8 Å². The first-order valence-corrected chi connectivity index (χ1v) is 3.38. The summed E-state index contributed by atoms with van der Waals surface area (Å²) in [6.07, 6.45) is 2.88.